The van der Waals surface area contributed by atoms with E-state index in [-0.39, 0.29) is 17.8 Å². The van der Waals surface area contributed by atoms with Gasteiger partial charge in [0, 0.05) is 45.2 Å². The maximum Gasteiger partial charge on any atom is 0.335 e. The van der Waals surface area contributed by atoms with E-state index in [1.165, 1.54) is 19.3 Å². The third-order valence-electron chi connectivity index (χ3n) is 6.09. The predicted octanol–water partition coefficient (Wildman–Crippen LogP) is 0.901. The zero-order valence-electron chi connectivity index (χ0n) is 15.9. The topological polar surface area (TPSA) is 73.9 Å². The molecule has 2 heterocycles. The summed E-state index contributed by atoms with van der Waals surface area (Å²) in [6, 6.07) is 0.723. The van der Waals surface area contributed by atoms with Gasteiger partial charge in [-0.15, -0.1) is 0 Å². The molecular formula is C19H34N4O3. The van der Waals surface area contributed by atoms with Crippen LogP contribution in [0.1, 0.15) is 51.4 Å². The Morgan fingerprint density at radius 1 is 0.962 bits per heavy atom. The van der Waals surface area contributed by atoms with Crippen LogP contribution in [0.4, 0.5) is 0 Å². The highest BCUT2D eigenvalue weighted by atomic mass is 16.7. The Kier molecular flexibility index (Phi) is 7.70. The molecule has 3 rings (SSSR count). The summed E-state index contributed by atoms with van der Waals surface area (Å²) in [5, 5.41) is 3.42. The summed E-state index contributed by atoms with van der Waals surface area (Å²) >= 11 is 0. The molecule has 0 bridgehead atoms. The molecule has 3 aliphatic rings. The fourth-order valence-corrected chi connectivity index (χ4v) is 4.36. The standard InChI is InChI=1S/C19H34N4O3/c24-18(21-26-19(25)16-4-2-1-3-5-16)8-11-22-12-14-23(15-13-22)17-6-9-20-10-7-17/h16-17,20H,1-15H2,(H,21,24). The fourth-order valence-electron chi connectivity index (χ4n) is 4.36. The molecule has 2 aliphatic heterocycles. The number of piperidine rings is 1. The molecular weight excluding hydrogens is 332 g/mol. The molecule has 1 aliphatic carbocycles. The molecule has 1 amide bonds. The second-order valence-corrected chi connectivity index (χ2v) is 7.89. The first-order valence-electron chi connectivity index (χ1n) is 10.4. The molecule has 3 fully saturated rings. The number of piperazine rings is 1. The number of nitrogens with zero attached hydrogens (tertiary/aromatic N) is 2. The number of carbonyl (C=O) groups is 2. The SMILES string of the molecule is O=C(CCN1CCN(C2CCNCC2)CC1)NOC(=O)C1CCCCC1. The van der Waals surface area contributed by atoms with Gasteiger partial charge in [-0.05, 0) is 38.8 Å². The van der Waals surface area contributed by atoms with E-state index >= 15 is 0 Å². The highest BCUT2D eigenvalue weighted by molar-refractivity contribution is 5.78. The molecule has 0 spiro atoms. The molecule has 1 saturated carbocycles. The van der Waals surface area contributed by atoms with Crippen LogP contribution in [0.15, 0.2) is 0 Å². The number of hydrogen-bond donors (Lipinski definition) is 2. The molecule has 0 aromatic heterocycles. The van der Waals surface area contributed by atoms with E-state index in [4.69, 9.17) is 4.84 Å². The van der Waals surface area contributed by atoms with E-state index in [0.717, 1.165) is 77.5 Å². The molecule has 0 unspecified atom stereocenters. The van der Waals surface area contributed by atoms with Gasteiger partial charge in [-0.2, -0.15) is 5.48 Å². The fraction of sp³-hybridized carbons (Fsp3) is 0.895. The number of rotatable bonds is 5. The maximum absolute atomic E-state index is 12.0. The zero-order chi connectivity index (χ0) is 18.2. The van der Waals surface area contributed by atoms with Crippen LogP contribution in [-0.2, 0) is 14.4 Å². The van der Waals surface area contributed by atoms with Crippen molar-refractivity contribution in [3.63, 3.8) is 0 Å². The molecule has 148 valence electrons. The number of hydroxylamine groups is 1. The molecule has 7 nitrogen and oxygen atoms in total. The number of nitrogens with one attached hydrogen (secondary N) is 2. The Morgan fingerprint density at radius 3 is 2.35 bits per heavy atom. The Labute approximate surface area is 156 Å². The number of carbonyl (C=O) groups excluding carboxylic acids is 2. The Bertz CT molecular complexity index is 454. The van der Waals surface area contributed by atoms with Crippen LogP contribution in [0.2, 0.25) is 0 Å². The average Bonchev–Trinajstić information content (AvgIpc) is 2.72. The van der Waals surface area contributed by atoms with Gasteiger partial charge in [0.1, 0.15) is 0 Å². The van der Waals surface area contributed by atoms with Gasteiger partial charge < -0.3 is 15.1 Å². The van der Waals surface area contributed by atoms with E-state index in [1.54, 1.807) is 0 Å². The Balaban J connectivity index is 1.27. The van der Waals surface area contributed by atoms with Crippen molar-refractivity contribution in [2.24, 2.45) is 5.92 Å². The van der Waals surface area contributed by atoms with Gasteiger partial charge in [0.2, 0.25) is 0 Å². The third-order valence-corrected chi connectivity index (χ3v) is 6.09. The summed E-state index contributed by atoms with van der Waals surface area (Å²) in [4.78, 5) is 33.8. The number of hydrogen-bond acceptors (Lipinski definition) is 6. The van der Waals surface area contributed by atoms with Gasteiger partial charge in [0.05, 0.1) is 5.92 Å². The smallest absolute Gasteiger partial charge is 0.335 e. The predicted molar refractivity (Wildman–Crippen MR) is 99.3 cm³/mol. The van der Waals surface area contributed by atoms with E-state index < -0.39 is 0 Å². The molecule has 26 heavy (non-hydrogen) atoms. The Morgan fingerprint density at radius 2 is 1.65 bits per heavy atom. The quantitative estimate of drug-likeness (QED) is 0.705. The summed E-state index contributed by atoms with van der Waals surface area (Å²) in [6.07, 6.45) is 8.00. The summed E-state index contributed by atoms with van der Waals surface area (Å²) < 4.78 is 0. The van der Waals surface area contributed by atoms with Crippen molar-refractivity contribution in [1.29, 1.82) is 0 Å². The van der Waals surface area contributed by atoms with Crippen LogP contribution in [-0.4, -0.2) is 73.5 Å². The lowest BCUT2D eigenvalue weighted by molar-refractivity contribution is -0.163. The van der Waals surface area contributed by atoms with Crippen LogP contribution in [0.5, 0.6) is 0 Å². The normalized spacial score (nSPS) is 24.3. The van der Waals surface area contributed by atoms with E-state index in [9.17, 15) is 9.59 Å². The van der Waals surface area contributed by atoms with Crippen LogP contribution < -0.4 is 10.8 Å². The van der Waals surface area contributed by atoms with Gasteiger partial charge in [-0.3, -0.25) is 9.69 Å². The van der Waals surface area contributed by atoms with Gasteiger partial charge in [0.25, 0.3) is 5.91 Å². The van der Waals surface area contributed by atoms with Gasteiger partial charge in [-0.1, -0.05) is 19.3 Å². The molecule has 2 N–H and O–H groups in total. The second-order valence-electron chi connectivity index (χ2n) is 7.89. The average molecular weight is 367 g/mol. The van der Waals surface area contributed by atoms with Crippen molar-refractivity contribution in [3.8, 4) is 0 Å². The van der Waals surface area contributed by atoms with Crippen molar-refractivity contribution in [1.82, 2.24) is 20.6 Å². The van der Waals surface area contributed by atoms with E-state index in [0.29, 0.717) is 6.42 Å². The minimum Gasteiger partial charge on any atom is -0.340 e. The van der Waals surface area contributed by atoms with Crippen molar-refractivity contribution >= 4 is 11.9 Å². The lowest BCUT2D eigenvalue weighted by Crippen LogP contribution is -2.53. The monoisotopic (exact) mass is 366 g/mol. The molecule has 0 aromatic carbocycles. The summed E-state index contributed by atoms with van der Waals surface area (Å²) in [5.41, 5.74) is 2.35. The van der Waals surface area contributed by atoms with Crippen LogP contribution in [0.3, 0.4) is 0 Å². The van der Waals surface area contributed by atoms with Crippen LogP contribution >= 0.6 is 0 Å². The summed E-state index contributed by atoms with van der Waals surface area (Å²) in [7, 11) is 0. The van der Waals surface area contributed by atoms with Crippen molar-refractivity contribution in [2.45, 2.75) is 57.4 Å². The molecule has 0 atom stereocenters. The minimum atomic E-state index is -0.270. The highest BCUT2D eigenvalue weighted by Gasteiger charge is 2.26. The first-order valence-corrected chi connectivity index (χ1v) is 10.4. The van der Waals surface area contributed by atoms with Gasteiger partial charge in [0.15, 0.2) is 0 Å². The van der Waals surface area contributed by atoms with Gasteiger partial charge >= 0.3 is 5.97 Å². The first kappa shape index (κ1) is 19.6. The third kappa shape index (κ3) is 5.93. The summed E-state index contributed by atoms with van der Waals surface area (Å²) in [6.45, 7) is 7.19. The molecule has 0 aromatic rings. The minimum absolute atomic E-state index is 0.0351. The summed E-state index contributed by atoms with van der Waals surface area (Å²) in [5.74, 6) is -0.504. The second kappa shape index (κ2) is 10.2. The van der Waals surface area contributed by atoms with Crippen molar-refractivity contribution < 1.29 is 14.4 Å². The lowest BCUT2D eigenvalue weighted by Gasteiger charge is -2.40. The number of amides is 1. The van der Waals surface area contributed by atoms with Crippen LogP contribution in [0.25, 0.3) is 0 Å². The largest absolute Gasteiger partial charge is 0.340 e. The van der Waals surface area contributed by atoms with E-state index in [2.05, 4.69) is 20.6 Å². The zero-order valence-corrected chi connectivity index (χ0v) is 15.9. The Hall–Kier alpha value is -1.18. The van der Waals surface area contributed by atoms with Crippen molar-refractivity contribution in [3.05, 3.63) is 0 Å². The maximum atomic E-state index is 12.0. The lowest BCUT2D eigenvalue weighted by atomic mass is 9.89. The molecule has 7 heteroatoms. The van der Waals surface area contributed by atoms with Gasteiger partial charge in [-0.25, -0.2) is 4.79 Å². The van der Waals surface area contributed by atoms with E-state index in [1.807, 2.05) is 0 Å². The van der Waals surface area contributed by atoms with Crippen molar-refractivity contribution in [2.75, 3.05) is 45.8 Å². The molecule has 2 saturated heterocycles. The molecule has 0 radical (unpaired) electrons. The van der Waals surface area contributed by atoms with Crippen LogP contribution in [0, 0.1) is 5.92 Å². The highest BCUT2D eigenvalue weighted by Crippen LogP contribution is 2.24. The first-order chi connectivity index (χ1) is 12.7.